The van der Waals surface area contributed by atoms with Crippen LogP contribution in [-0.4, -0.2) is 22.6 Å². The summed E-state index contributed by atoms with van der Waals surface area (Å²) in [6.07, 6.45) is 8.40. The molecular formula is C26H48O4. The molecular weight excluding hydrogens is 376 g/mol. The van der Waals surface area contributed by atoms with Crippen LogP contribution in [0.1, 0.15) is 102 Å². The van der Waals surface area contributed by atoms with E-state index in [9.17, 15) is 9.59 Å². The zero-order valence-corrected chi connectivity index (χ0v) is 21.5. The van der Waals surface area contributed by atoms with Gasteiger partial charge in [0, 0.05) is 11.1 Å². The molecule has 0 aromatic heterocycles. The second-order valence-electron chi connectivity index (χ2n) is 9.96. The quantitative estimate of drug-likeness (QED) is 0.292. The van der Waals surface area contributed by atoms with Gasteiger partial charge in [-0.05, 0) is 71.1 Å². The maximum atomic E-state index is 11.8. The smallest absolute Gasteiger partial charge is 0.333 e. The van der Waals surface area contributed by atoms with Crippen LogP contribution >= 0.6 is 0 Å². The molecule has 4 heteroatoms. The summed E-state index contributed by atoms with van der Waals surface area (Å²) in [6, 6.07) is 0. The lowest BCUT2D eigenvalue weighted by atomic mass is 9.94. The standard InChI is InChI=1S/C15H28O2.C11H20O2/c1-8-11(2)9-12(3)10-13(4)14(16)17-15(5,6)7;1-5-8(2)6-9(3)7-10(4)11(12)13/h10-12H,8-9H2,1-7H3;7-9H,5-6H2,1-4H3,(H,12,13)/b13-10+;10-7+/t11-,12+;8-,9+/m00/s1. The molecule has 0 rings (SSSR count). The Bertz CT molecular complexity index is 566. The molecule has 4 nitrogen and oxygen atoms in total. The van der Waals surface area contributed by atoms with Crippen molar-refractivity contribution in [1.82, 2.24) is 0 Å². The van der Waals surface area contributed by atoms with Gasteiger partial charge < -0.3 is 9.84 Å². The number of esters is 1. The molecule has 0 aliphatic carbocycles. The van der Waals surface area contributed by atoms with Gasteiger partial charge in [0.25, 0.3) is 0 Å². The molecule has 0 saturated heterocycles. The zero-order valence-electron chi connectivity index (χ0n) is 21.5. The van der Waals surface area contributed by atoms with E-state index in [0.717, 1.165) is 24.8 Å². The topological polar surface area (TPSA) is 63.6 Å². The Morgan fingerprint density at radius 2 is 1.20 bits per heavy atom. The van der Waals surface area contributed by atoms with Crippen LogP contribution < -0.4 is 0 Å². The minimum absolute atomic E-state index is 0.200. The normalized spacial score (nSPS) is 16.6. The molecule has 0 aliphatic heterocycles. The molecule has 0 unspecified atom stereocenters. The molecule has 0 aromatic rings. The first kappa shape index (κ1) is 30.6. The lowest BCUT2D eigenvalue weighted by molar-refractivity contribution is -0.149. The summed E-state index contributed by atoms with van der Waals surface area (Å²) in [5.74, 6) is 1.16. The van der Waals surface area contributed by atoms with Gasteiger partial charge >= 0.3 is 11.9 Å². The number of rotatable bonds is 10. The molecule has 0 fully saturated rings. The molecule has 0 aromatic carbocycles. The van der Waals surface area contributed by atoms with Gasteiger partial charge in [0.1, 0.15) is 5.60 Å². The number of ether oxygens (including phenoxy) is 1. The average Bonchev–Trinajstić information content (AvgIpc) is 2.59. The van der Waals surface area contributed by atoms with Gasteiger partial charge in [-0.2, -0.15) is 0 Å². The molecule has 30 heavy (non-hydrogen) atoms. The van der Waals surface area contributed by atoms with Crippen molar-refractivity contribution in [3.63, 3.8) is 0 Å². The highest BCUT2D eigenvalue weighted by molar-refractivity contribution is 5.88. The van der Waals surface area contributed by atoms with E-state index < -0.39 is 11.6 Å². The molecule has 0 amide bonds. The van der Waals surface area contributed by atoms with Crippen LogP contribution in [0.3, 0.4) is 0 Å². The van der Waals surface area contributed by atoms with Gasteiger partial charge in [-0.25, -0.2) is 9.59 Å². The van der Waals surface area contributed by atoms with Crippen molar-refractivity contribution >= 4 is 11.9 Å². The van der Waals surface area contributed by atoms with E-state index in [2.05, 4.69) is 41.5 Å². The van der Waals surface area contributed by atoms with Crippen molar-refractivity contribution < 1.29 is 19.4 Å². The van der Waals surface area contributed by atoms with E-state index in [1.54, 1.807) is 6.92 Å². The van der Waals surface area contributed by atoms with E-state index in [4.69, 9.17) is 9.84 Å². The van der Waals surface area contributed by atoms with Gasteiger partial charge in [-0.15, -0.1) is 0 Å². The second-order valence-corrected chi connectivity index (χ2v) is 9.96. The predicted octanol–water partition coefficient (Wildman–Crippen LogP) is 7.44. The van der Waals surface area contributed by atoms with E-state index in [1.165, 1.54) is 6.42 Å². The van der Waals surface area contributed by atoms with Crippen molar-refractivity contribution in [3.8, 4) is 0 Å². The molecule has 0 bridgehead atoms. The van der Waals surface area contributed by atoms with Gasteiger partial charge in [0.05, 0.1) is 0 Å². The molecule has 176 valence electrons. The molecule has 0 aliphatic rings. The number of aliphatic carboxylic acids is 1. The largest absolute Gasteiger partial charge is 0.478 e. The first-order chi connectivity index (χ1) is 13.6. The highest BCUT2D eigenvalue weighted by atomic mass is 16.6. The van der Waals surface area contributed by atoms with Crippen LogP contribution in [0.5, 0.6) is 0 Å². The summed E-state index contributed by atoms with van der Waals surface area (Å²) in [5.41, 5.74) is 0.762. The van der Waals surface area contributed by atoms with Crippen molar-refractivity contribution in [2.75, 3.05) is 0 Å². The number of carboxylic acids is 1. The minimum atomic E-state index is -0.809. The highest BCUT2D eigenvalue weighted by Gasteiger charge is 2.18. The summed E-state index contributed by atoms with van der Waals surface area (Å²) < 4.78 is 5.32. The van der Waals surface area contributed by atoms with E-state index >= 15 is 0 Å². The molecule has 1 N–H and O–H groups in total. The molecule has 0 spiro atoms. The van der Waals surface area contributed by atoms with Gasteiger partial charge in [0.2, 0.25) is 0 Å². The summed E-state index contributed by atoms with van der Waals surface area (Å²) in [5, 5.41) is 8.65. The fourth-order valence-corrected chi connectivity index (χ4v) is 3.09. The van der Waals surface area contributed by atoms with Crippen molar-refractivity contribution in [2.45, 2.75) is 107 Å². The number of carbonyl (C=O) groups is 2. The Hall–Kier alpha value is -1.58. The Kier molecular flexibility index (Phi) is 15.6. The van der Waals surface area contributed by atoms with E-state index in [1.807, 2.05) is 39.8 Å². The Labute approximate surface area is 186 Å². The predicted molar refractivity (Wildman–Crippen MR) is 127 cm³/mol. The maximum Gasteiger partial charge on any atom is 0.333 e. The third-order valence-electron chi connectivity index (χ3n) is 5.07. The summed E-state index contributed by atoms with van der Waals surface area (Å²) in [7, 11) is 0. The molecule has 0 heterocycles. The van der Waals surface area contributed by atoms with Crippen LogP contribution in [0.15, 0.2) is 23.3 Å². The molecule has 4 atom stereocenters. The first-order valence-electron chi connectivity index (χ1n) is 11.5. The summed E-state index contributed by atoms with van der Waals surface area (Å²) in [4.78, 5) is 22.3. The highest BCUT2D eigenvalue weighted by Crippen LogP contribution is 2.19. The number of carboxylic acid groups (broad SMARTS) is 1. The van der Waals surface area contributed by atoms with E-state index in [0.29, 0.717) is 29.2 Å². The lowest BCUT2D eigenvalue weighted by Crippen LogP contribution is -2.24. The van der Waals surface area contributed by atoms with Crippen LogP contribution in [0.2, 0.25) is 0 Å². The monoisotopic (exact) mass is 424 g/mol. The fraction of sp³-hybridized carbons (Fsp3) is 0.769. The average molecular weight is 425 g/mol. The number of hydrogen-bond donors (Lipinski definition) is 1. The summed E-state index contributed by atoms with van der Waals surface area (Å²) >= 11 is 0. The van der Waals surface area contributed by atoms with E-state index in [-0.39, 0.29) is 5.97 Å². The molecule has 0 radical (unpaired) electrons. The van der Waals surface area contributed by atoms with Crippen molar-refractivity contribution in [1.29, 1.82) is 0 Å². The Morgan fingerprint density at radius 3 is 1.50 bits per heavy atom. The Balaban J connectivity index is 0. The first-order valence-corrected chi connectivity index (χ1v) is 11.5. The number of carbonyl (C=O) groups excluding carboxylic acids is 1. The van der Waals surface area contributed by atoms with Crippen molar-refractivity contribution in [3.05, 3.63) is 23.3 Å². The minimum Gasteiger partial charge on any atom is -0.478 e. The van der Waals surface area contributed by atoms with Crippen molar-refractivity contribution in [2.24, 2.45) is 23.7 Å². The van der Waals surface area contributed by atoms with Gasteiger partial charge in [-0.3, -0.25) is 0 Å². The van der Waals surface area contributed by atoms with Crippen LogP contribution in [-0.2, 0) is 14.3 Å². The van der Waals surface area contributed by atoms with Crippen LogP contribution in [0, 0.1) is 23.7 Å². The van der Waals surface area contributed by atoms with Crippen LogP contribution in [0.4, 0.5) is 0 Å². The maximum absolute atomic E-state index is 11.8. The van der Waals surface area contributed by atoms with Crippen LogP contribution in [0.25, 0.3) is 0 Å². The third-order valence-corrected chi connectivity index (χ3v) is 5.07. The number of allylic oxidation sites excluding steroid dienone is 2. The fourth-order valence-electron chi connectivity index (χ4n) is 3.09. The lowest BCUT2D eigenvalue weighted by Gasteiger charge is -2.20. The summed E-state index contributed by atoms with van der Waals surface area (Å²) in [6.45, 7) is 22.2. The number of hydrogen-bond acceptors (Lipinski definition) is 3. The van der Waals surface area contributed by atoms with Gasteiger partial charge in [-0.1, -0.05) is 66.5 Å². The third kappa shape index (κ3) is 17.3. The SMILES string of the molecule is CC[C@H](C)C[C@@H](C)/C=C(\C)C(=O)O.CC[C@H](C)C[C@@H](C)/C=C(\C)C(=O)OC(C)(C)C. The Morgan fingerprint density at radius 1 is 0.833 bits per heavy atom. The second kappa shape index (κ2) is 15.3. The zero-order chi connectivity index (χ0) is 24.1. The molecule has 0 saturated carbocycles. The van der Waals surface area contributed by atoms with Gasteiger partial charge in [0.15, 0.2) is 0 Å².